The van der Waals surface area contributed by atoms with Gasteiger partial charge in [-0.25, -0.2) is 9.97 Å². The maximum atomic E-state index is 6.17. The second-order valence-corrected chi connectivity index (χ2v) is 5.05. The van der Waals surface area contributed by atoms with Gasteiger partial charge < -0.3 is 5.32 Å². The highest BCUT2D eigenvalue weighted by Crippen LogP contribution is 2.40. The van der Waals surface area contributed by atoms with Crippen molar-refractivity contribution < 1.29 is 0 Å². The normalized spacial score (nSPS) is 14.4. The summed E-state index contributed by atoms with van der Waals surface area (Å²) in [5, 5.41) is 3.82. The van der Waals surface area contributed by atoms with Crippen molar-refractivity contribution in [3.8, 4) is 11.5 Å². The van der Waals surface area contributed by atoms with Crippen LogP contribution in [-0.2, 0) is 0 Å². The first-order chi connectivity index (χ1) is 9.28. The number of halogens is 1. The minimum atomic E-state index is 0.571. The van der Waals surface area contributed by atoms with Crippen LogP contribution in [-0.4, -0.2) is 21.5 Å². The van der Waals surface area contributed by atoms with Crippen LogP contribution < -0.4 is 5.32 Å². The predicted molar refractivity (Wildman–Crippen MR) is 76.4 cm³/mol. The predicted octanol–water partition coefficient (Wildman–Crippen LogP) is 3.50. The van der Waals surface area contributed by atoms with Gasteiger partial charge in [0.15, 0.2) is 5.82 Å². The molecule has 2 heterocycles. The lowest BCUT2D eigenvalue weighted by atomic mass is 10.2. The molecule has 0 aliphatic heterocycles. The fourth-order valence-corrected chi connectivity index (χ4v) is 2.19. The third-order valence-corrected chi connectivity index (χ3v) is 3.37. The molecule has 0 atom stereocenters. The molecule has 98 valence electrons. The first kappa shape index (κ1) is 12.4. The zero-order valence-corrected chi connectivity index (χ0v) is 11.5. The molecule has 1 N–H and O–H groups in total. The van der Waals surface area contributed by atoms with Crippen molar-refractivity contribution in [2.75, 3.05) is 11.9 Å². The van der Waals surface area contributed by atoms with Gasteiger partial charge in [-0.1, -0.05) is 11.6 Å². The van der Waals surface area contributed by atoms with Crippen LogP contribution in [0.25, 0.3) is 11.5 Å². The second kappa shape index (κ2) is 5.13. The molecule has 0 unspecified atom stereocenters. The van der Waals surface area contributed by atoms with Crippen LogP contribution in [0.15, 0.2) is 24.4 Å². The van der Waals surface area contributed by atoms with Crippen molar-refractivity contribution in [3.05, 3.63) is 35.1 Å². The van der Waals surface area contributed by atoms with E-state index in [4.69, 9.17) is 11.6 Å². The fourth-order valence-electron chi connectivity index (χ4n) is 1.98. The number of pyridine rings is 1. The van der Waals surface area contributed by atoms with E-state index in [-0.39, 0.29) is 0 Å². The average Bonchev–Trinajstić information content (AvgIpc) is 3.23. The molecule has 0 radical (unpaired) electrons. The van der Waals surface area contributed by atoms with Crippen molar-refractivity contribution in [3.63, 3.8) is 0 Å². The summed E-state index contributed by atoms with van der Waals surface area (Å²) in [6, 6.07) is 5.65. The Balaban J connectivity index is 2.06. The minimum absolute atomic E-state index is 0.571. The number of hydrogen-bond acceptors (Lipinski definition) is 4. The highest BCUT2D eigenvalue weighted by Gasteiger charge is 2.26. The van der Waals surface area contributed by atoms with Crippen LogP contribution in [0.4, 0.5) is 5.82 Å². The van der Waals surface area contributed by atoms with Crippen molar-refractivity contribution in [1.29, 1.82) is 0 Å². The van der Waals surface area contributed by atoms with Crippen LogP contribution in [0.5, 0.6) is 0 Å². The quantitative estimate of drug-likeness (QED) is 0.927. The SMILES string of the molecule is CCNc1cc(C2CC2)nc(-c2ncccc2Cl)n1. The van der Waals surface area contributed by atoms with Crippen LogP contribution >= 0.6 is 11.6 Å². The smallest absolute Gasteiger partial charge is 0.181 e. The molecule has 2 aromatic heterocycles. The lowest BCUT2D eigenvalue weighted by Gasteiger charge is -2.08. The van der Waals surface area contributed by atoms with Gasteiger partial charge in [0.2, 0.25) is 0 Å². The number of rotatable bonds is 4. The Bertz CT molecular complexity index is 596. The number of nitrogens with one attached hydrogen (secondary N) is 1. The van der Waals surface area contributed by atoms with Crippen LogP contribution in [0.3, 0.4) is 0 Å². The Hall–Kier alpha value is -1.68. The van der Waals surface area contributed by atoms with E-state index in [0.717, 1.165) is 18.1 Å². The highest BCUT2D eigenvalue weighted by molar-refractivity contribution is 6.32. The lowest BCUT2D eigenvalue weighted by Crippen LogP contribution is -2.04. The van der Waals surface area contributed by atoms with Crippen LogP contribution in [0.1, 0.15) is 31.4 Å². The minimum Gasteiger partial charge on any atom is -0.370 e. The largest absolute Gasteiger partial charge is 0.370 e. The number of aromatic nitrogens is 3. The van der Waals surface area contributed by atoms with Gasteiger partial charge in [-0.3, -0.25) is 4.98 Å². The van der Waals surface area contributed by atoms with Gasteiger partial charge in [-0.05, 0) is 31.9 Å². The number of anilines is 1. The summed E-state index contributed by atoms with van der Waals surface area (Å²) in [6.07, 6.45) is 4.12. The maximum absolute atomic E-state index is 6.17. The maximum Gasteiger partial charge on any atom is 0.181 e. The van der Waals surface area contributed by atoms with E-state index < -0.39 is 0 Å². The number of hydrogen-bond donors (Lipinski definition) is 1. The molecule has 0 amide bonds. The van der Waals surface area contributed by atoms with Gasteiger partial charge in [0.05, 0.1) is 5.02 Å². The molecule has 1 saturated carbocycles. The molecule has 1 aliphatic rings. The van der Waals surface area contributed by atoms with E-state index in [1.807, 2.05) is 25.1 Å². The van der Waals surface area contributed by atoms with E-state index >= 15 is 0 Å². The van der Waals surface area contributed by atoms with Crippen molar-refractivity contribution >= 4 is 17.4 Å². The molecule has 0 spiro atoms. The molecule has 4 nitrogen and oxygen atoms in total. The van der Waals surface area contributed by atoms with E-state index in [1.165, 1.54) is 12.8 Å². The molecule has 0 aromatic carbocycles. The Morgan fingerprint density at radius 1 is 1.37 bits per heavy atom. The molecule has 19 heavy (non-hydrogen) atoms. The monoisotopic (exact) mass is 274 g/mol. The third kappa shape index (κ3) is 2.68. The fraction of sp³-hybridized carbons (Fsp3) is 0.357. The summed E-state index contributed by atoms with van der Waals surface area (Å²) < 4.78 is 0. The van der Waals surface area contributed by atoms with Crippen LogP contribution in [0.2, 0.25) is 5.02 Å². The zero-order valence-electron chi connectivity index (χ0n) is 10.7. The van der Waals surface area contributed by atoms with Gasteiger partial charge >= 0.3 is 0 Å². The Kier molecular flexibility index (Phi) is 3.34. The second-order valence-electron chi connectivity index (χ2n) is 4.64. The highest BCUT2D eigenvalue weighted by atomic mass is 35.5. The molecule has 3 rings (SSSR count). The first-order valence-electron chi connectivity index (χ1n) is 6.51. The molecule has 1 aliphatic carbocycles. The molecule has 5 heteroatoms. The van der Waals surface area contributed by atoms with Gasteiger partial charge in [0, 0.05) is 30.4 Å². The van der Waals surface area contributed by atoms with Crippen LogP contribution in [0, 0.1) is 0 Å². The molecular weight excluding hydrogens is 260 g/mol. The topological polar surface area (TPSA) is 50.7 Å². The summed E-state index contributed by atoms with van der Waals surface area (Å²) in [5.41, 5.74) is 1.73. The summed E-state index contributed by atoms with van der Waals surface area (Å²) in [6.45, 7) is 2.88. The third-order valence-electron chi connectivity index (χ3n) is 3.07. The summed E-state index contributed by atoms with van der Waals surface area (Å²) in [4.78, 5) is 13.4. The first-order valence-corrected chi connectivity index (χ1v) is 6.89. The Morgan fingerprint density at radius 3 is 2.89 bits per heavy atom. The van der Waals surface area contributed by atoms with E-state index in [0.29, 0.717) is 22.5 Å². The zero-order chi connectivity index (χ0) is 13.2. The lowest BCUT2D eigenvalue weighted by molar-refractivity contribution is 0.982. The number of nitrogens with zero attached hydrogens (tertiary/aromatic N) is 3. The molecular formula is C14H15ClN4. The molecule has 1 fully saturated rings. The van der Waals surface area contributed by atoms with Gasteiger partial charge in [0.25, 0.3) is 0 Å². The van der Waals surface area contributed by atoms with Gasteiger partial charge in [-0.15, -0.1) is 0 Å². The van der Waals surface area contributed by atoms with Crippen molar-refractivity contribution in [2.45, 2.75) is 25.7 Å². The summed E-state index contributed by atoms with van der Waals surface area (Å²) in [7, 11) is 0. The molecule has 0 saturated heterocycles. The standard InChI is InChI=1S/C14H15ClN4/c1-2-16-12-8-11(9-5-6-9)18-14(19-12)13-10(15)4-3-7-17-13/h3-4,7-9H,2,5-6H2,1H3,(H,16,18,19). The summed E-state index contributed by atoms with van der Waals surface area (Å²) >= 11 is 6.17. The Morgan fingerprint density at radius 2 is 2.21 bits per heavy atom. The van der Waals surface area contributed by atoms with Gasteiger partial charge in [0.1, 0.15) is 11.5 Å². The summed E-state index contributed by atoms with van der Waals surface area (Å²) in [5.74, 6) is 2.02. The van der Waals surface area contributed by atoms with E-state index in [2.05, 4.69) is 20.3 Å². The van der Waals surface area contributed by atoms with Crippen molar-refractivity contribution in [1.82, 2.24) is 15.0 Å². The average molecular weight is 275 g/mol. The molecule has 0 bridgehead atoms. The van der Waals surface area contributed by atoms with E-state index in [1.54, 1.807) is 6.20 Å². The van der Waals surface area contributed by atoms with Gasteiger partial charge in [-0.2, -0.15) is 0 Å². The molecule has 2 aromatic rings. The van der Waals surface area contributed by atoms with E-state index in [9.17, 15) is 0 Å². The van der Waals surface area contributed by atoms with Crippen molar-refractivity contribution in [2.24, 2.45) is 0 Å². The Labute approximate surface area is 117 Å².